The first-order valence-electron chi connectivity index (χ1n) is 11.2. The minimum absolute atomic E-state index is 0.0580. The van der Waals surface area contributed by atoms with Crippen molar-refractivity contribution in [1.29, 1.82) is 0 Å². The monoisotopic (exact) mass is 452 g/mol. The molecule has 1 heterocycles. The van der Waals surface area contributed by atoms with Crippen molar-refractivity contribution in [2.75, 3.05) is 36.4 Å². The Morgan fingerprint density at radius 1 is 1.09 bits per heavy atom. The zero-order chi connectivity index (χ0) is 23.8. The third kappa shape index (κ3) is 7.05. The SMILES string of the molecule is CC1(C)CCCN(C(=O)CN(C(=O)CNC(=O)Nc2cccc(CO)c2)c2ccccc2)C1. The molecule has 0 aliphatic carbocycles. The number of nitrogens with one attached hydrogen (secondary N) is 2. The van der Waals surface area contributed by atoms with Crippen molar-refractivity contribution in [2.24, 2.45) is 5.41 Å². The van der Waals surface area contributed by atoms with Crippen molar-refractivity contribution in [3.63, 3.8) is 0 Å². The summed E-state index contributed by atoms with van der Waals surface area (Å²) in [5.41, 5.74) is 1.83. The Balaban J connectivity index is 1.63. The number of benzene rings is 2. The first-order valence-corrected chi connectivity index (χ1v) is 11.2. The molecule has 33 heavy (non-hydrogen) atoms. The Morgan fingerprint density at radius 3 is 2.55 bits per heavy atom. The highest BCUT2D eigenvalue weighted by Gasteiger charge is 2.30. The van der Waals surface area contributed by atoms with E-state index < -0.39 is 6.03 Å². The van der Waals surface area contributed by atoms with Gasteiger partial charge in [0.05, 0.1) is 13.2 Å². The minimum Gasteiger partial charge on any atom is -0.392 e. The number of carbonyl (C=O) groups is 3. The van der Waals surface area contributed by atoms with Gasteiger partial charge in [0.25, 0.3) is 0 Å². The summed E-state index contributed by atoms with van der Waals surface area (Å²) in [7, 11) is 0. The highest BCUT2D eigenvalue weighted by Crippen LogP contribution is 2.28. The van der Waals surface area contributed by atoms with Crippen LogP contribution in [0.1, 0.15) is 32.3 Å². The molecule has 0 spiro atoms. The van der Waals surface area contributed by atoms with Crippen molar-refractivity contribution in [3.05, 3.63) is 60.2 Å². The number of urea groups is 1. The molecule has 1 fully saturated rings. The van der Waals surface area contributed by atoms with Gasteiger partial charge in [0.15, 0.2) is 0 Å². The summed E-state index contributed by atoms with van der Waals surface area (Å²) in [6.45, 7) is 5.16. The fourth-order valence-electron chi connectivity index (χ4n) is 3.98. The highest BCUT2D eigenvalue weighted by molar-refractivity contribution is 6.01. The Kier molecular flexibility index (Phi) is 8.06. The highest BCUT2D eigenvalue weighted by atomic mass is 16.3. The van der Waals surface area contributed by atoms with Gasteiger partial charge in [-0.1, -0.05) is 44.2 Å². The average Bonchev–Trinajstić information content (AvgIpc) is 2.81. The fourth-order valence-corrected chi connectivity index (χ4v) is 3.98. The zero-order valence-electron chi connectivity index (χ0n) is 19.2. The van der Waals surface area contributed by atoms with Crippen LogP contribution in [0.25, 0.3) is 0 Å². The van der Waals surface area contributed by atoms with E-state index in [1.807, 2.05) is 11.0 Å². The van der Waals surface area contributed by atoms with E-state index >= 15 is 0 Å². The van der Waals surface area contributed by atoms with Crippen LogP contribution in [0.15, 0.2) is 54.6 Å². The van der Waals surface area contributed by atoms with Gasteiger partial charge in [0, 0.05) is 24.5 Å². The van der Waals surface area contributed by atoms with Crippen molar-refractivity contribution in [1.82, 2.24) is 10.2 Å². The third-order valence-electron chi connectivity index (χ3n) is 5.68. The normalized spacial score (nSPS) is 14.9. The van der Waals surface area contributed by atoms with Crippen molar-refractivity contribution in [3.8, 4) is 0 Å². The van der Waals surface area contributed by atoms with Gasteiger partial charge in [-0.2, -0.15) is 0 Å². The van der Waals surface area contributed by atoms with Gasteiger partial charge in [-0.15, -0.1) is 0 Å². The quantitative estimate of drug-likeness (QED) is 0.601. The molecule has 0 radical (unpaired) electrons. The first-order chi connectivity index (χ1) is 15.8. The second kappa shape index (κ2) is 11.0. The number of hydrogen-bond acceptors (Lipinski definition) is 4. The molecule has 0 saturated carbocycles. The van der Waals surface area contributed by atoms with E-state index in [9.17, 15) is 19.5 Å². The molecule has 2 aromatic rings. The van der Waals surface area contributed by atoms with Crippen molar-refractivity contribution < 1.29 is 19.5 Å². The predicted molar refractivity (Wildman–Crippen MR) is 128 cm³/mol. The topological polar surface area (TPSA) is 102 Å². The number of amides is 4. The van der Waals surface area contributed by atoms with Gasteiger partial charge in [-0.3, -0.25) is 9.59 Å². The number of nitrogens with zero attached hydrogens (tertiary/aromatic N) is 2. The minimum atomic E-state index is -0.546. The van der Waals surface area contributed by atoms with Crippen LogP contribution in [0.4, 0.5) is 16.2 Å². The van der Waals surface area contributed by atoms with E-state index in [2.05, 4.69) is 24.5 Å². The van der Waals surface area contributed by atoms with E-state index in [4.69, 9.17) is 0 Å². The molecule has 176 valence electrons. The van der Waals surface area contributed by atoms with Crippen LogP contribution in [0, 0.1) is 5.41 Å². The van der Waals surface area contributed by atoms with Crippen LogP contribution < -0.4 is 15.5 Å². The van der Waals surface area contributed by atoms with Crippen LogP contribution in [0.2, 0.25) is 0 Å². The lowest BCUT2D eigenvalue weighted by Gasteiger charge is -2.39. The van der Waals surface area contributed by atoms with E-state index in [0.717, 1.165) is 12.8 Å². The molecule has 0 aromatic heterocycles. The number of piperidine rings is 1. The first kappa shape index (κ1) is 24.3. The molecule has 8 nitrogen and oxygen atoms in total. The Bertz CT molecular complexity index is 977. The summed E-state index contributed by atoms with van der Waals surface area (Å²) in [6.07, 6.45) is 2.01. The van der Waals surface area contributed by atoms with Gasteiger partial charge < -0.3 is 25.5 Å². The van der Waals surface area contributed by atoms with E-state index in [0.29, 0.717) is 30.0 Å². The fraction of sp³-hybridized carbons (Fsp3) is 0.400. The predicted octanol–water partition coefficient (Wildman–Crippen LogP) is 2.98. The summed E-state index contributed by atoms with van der Waals surface area (Å²) in [5.74, 6) is -0.490. The van der Waals surface area contributed by atoms with Crippen LogP contribution in [0.3, 0.4) is 0 Å². The van der Waals surface area contributed by atoms with E-state index in [1.165, 1.54) is 4.90 Å². The number of aliphatic hydroxyl groups is 1. The van der Waals surface area contributed by atoms with Crippen LogP contribution in [-0.4, -0.2) is 54.0 Å². The summed E-state index contributed by atoms with van der Waals surface area (Å²) < 4.78 is 0. The number of aliphatic hydroxyl groups excluding tert-OH is 1. The number of likely N-dealkylation sites (tertiary alicyclic amines) is 1. The maximum Gasteiger partial charge on any atom is 0.319 e. The molecule has 0 atom stereocenters. The summed E-state index contributed by atoms with van der Waals surface area (Å²) in [6, 6.07) is 15.2. The van der Waals surface area contributed by atoms with Crippen molar-refractivity contribution >= 4 is 29.2 Å². The number of para-hydroxylation sites is 1. The molecule has 0 bridgehead atoms. The Morgan fingerprint density at radius 2 is 1.85 bits per heavy atom. The zero-order valence-corrected chi connectivity index (χ0v) is 19.2. The molecule has 0 unspecified atom stereocenters. The number of carbonyl (C=O) groups excluding carboxylic acids is 3. The lowest BCUT2D eigenvalue weighted by atomic mass is 9.84. The van der Waals surface area contributed by atoms with E-state index in [1.54, 1.807) is 48.5 Å². The smallest absolute Gasteiger partial charge is 0.319 e. The van der Waals surface area contributed by atoms with Gasteiger partial charge in [-0.05, 0) is 48.1 Å². The summed E-state index contributed by atoms with van der Waals surface area (Å²) in [4.78, 5) is 41.6. The largest absolute Gasteiger partial charge is 0.392 e. The van der Waals surface area contributed by atoms with Gasteiger partial charge in [0.1, 0.15) is 6.54 Å². The molecular formula is C25H32N4O4. The van der Waals surface area contributed by atoms with Gasteiger partial charge in [-0.25, -0.2) is 4.79 Å². The standard InChI is InChI=1S/C25H32N4O4/c1-25(2)12-7-13-28(18-25)23(32)16-29(21-10-4-3-5-11-21)22(31)15-26-24(33)27-20-9-6-8-19(14-20)17-30/h3-6,8-11,14,30H,7,12-13,15-18H2,1-2H3,(H2,26,27,33). The maximum atomic E-state index is 13.0. The number of anilines is 2. The molecule has 1 saturated heterocycles. The molecule has 3 N–H and O–H groups in total. The molecule has 4 amide bonds. The molecule has 1 aliphatic rings. The van der Waals surface area contributed by atoms with E-state index in [-0.39, 0.29) is 36.9 Å². The summed E-state index contributed by atoms with van der Waals surface area (Å²) in [5, 5.41) is 14.4. The number of rotatable bonds is 7. The van der Waals surface area contributed by atoms with Gasteiger partial charge >= 0.3 is 6.03 Å². The Hall–Kier alpha value is -3.39. The molecular weight excluding hydrogens is 420 g/mol. The van der Waals surface area contributed by atoms with Crippen molar-refractivity contribution in [2.45, 2.75) is 33.3 Å². The third-order valence-corrected chi connectivity index (χ3v) is 5.68. The second-order valence-corrected chi connectivity index (χ2v) is 9.06. The lowest BCUT2D eigenvalue weighted by Crippen LogP contribution is -2.50. The second-order valence-electron chi connectivity index (χ2n) is 9.06. The summed E-state index contributed by atoms with van der Waals surface area (Å²) >= 11 is 0. The van der Waals surface area contributed by atoms with Gasteiger partial charge in [0.2, 0.25) is 11.8 Å². The van der Waals surface area contributed by atoms with Crippen LogP contribution in [-0.2, 0) is 16.2 Å². The Labute approximate surface area is 194 Å². The lowest BCUT2D eigenvalue weighted by molar-refractivity contribution is -0.134. The molecule has 1 aliphatic heterocycles. The van der Waals surface area contributed by atoms with Crippen LogP contribution in [0.5, 0.6) is 0 Å². The maximum absolute atomic E-state index is 13.0. The molecule has 8 heteroatoms. The molecule has 2 aromatic carbocycles. The van der Waals surface area contributed by atoms with Crippen LogP contribution >= 0.6 is 0 Å². The molecule has 3 rings (SSSR count). The number of hydrogen-bond donors (Lipinski definition) is 3. The average molecular weight is 453 g/mol.